The van der Waals surface area contributed by atoms with Crippen molar-refractivity contribution in [2.45, 2.75) is 13.0 Å². The standard InChI is InChI=1S/C16H15NO3/c18-15-9-12(16(19)20)5-6-13(15)10-17-8-7-11-3-1-2-4-14(11)17/h1-6,9,18H,7-8,10H2,(H,19,20). The van der Waals surface area contributed by atoms with Gasteiger partial charge in [-0.25, -0.2) is 4.79 Å². The molecule has 1 aliphatic rings. The number of carboxylic acid groups (broad SMARTS) is 1. The van der Waals surface area contributed by atoms with Crippen molar-refractivity contribution in [2.75, 3.05) is 11.4 Å². The van der Waals surface area contributed by atoms with E-state index in [0.717, 1.165) is 18.5 Å². The van der Waals surface area contributed by atoms with Gasteiger partial charge in [0.2, 0.25) is 0 Å². The molecule has 0 aromatic heterocycles. The van der Waals surface area contributed by atoms with Crippen LogP contribution < -0.4 is 4.90 Å². The zero-order valence-corrected chi connectivity index (χ0v) is 10.9. The van der Waals surface area contributed by atoms with Crippen molar-refractivity contribution < 1.29 is 15.0 Å². The molecule has 0 amide bonds. The van der Waals surface area contributed by atoms with Crippen molar-refractivity contribution in [1.82, 2.24) is 0 Å². The smallest absolute Gasteiger partial charge is 0.335 e. The first-order valence-corrected chi connectivity index (χ1v) is 6.53. The molecule has 0 fully saturated rings. The lowest BCUT2D eigenvalue weighted by Crippen LogP contribution is -2.19. The van der Waals surface area contributed by atoms with Gasteiger partial charge in [-0.15, -0.1) is 0 Å². The van der Waals surface area contributed by atoms with Crippen LogP contribution in [0.5, 0.6) is 5.75 Å². The number of phenolic OH excluding ortho intramolecular Hbond substituents is 1. The maximum atomic E-state index is 10.9. The predicted molar refractivity (Wildman–Crippen MR) is 76.3 cm³/mol. The number of phenols is 1. The van der Waals surface area contributed by atoms with Gasteiger partial charge >= 0.3 is 5.97 Å². The lowest BCUT2D eigenvalue weighted by Gasteiger charge is -2.20. The minimum absolute atomic E-state index is 0.0364. The van der Waals surface area contributed by atoms with E-state index in [9.17, 15) is 9.90 Å². The summed E-state index contributed by atoms with van der Waals surface area (Å²) in [7, 11) is 0. The summed E-state index contributed by atoms with van der Waals surface area (Å²) in [6.07, 6.45) is 1.00. The highest BCUT2D eigenvalue weighted by atomic mass is 16.4. The topological polar surface area (TPSA) is 60.8 Å². The van der Waals surface area contributed by atoms with Gasteiger partial charge in [-0.1, -0.05) is 24.3 Å². The quantitative estimate of drug-likeness (QED) is 0.899. The molecular weight excluding hydrogens is 254 g/mol. The summed E-state index contributed by atoms with van der Waals surface area (Å²) in [5.41, 5.74) is 3.35. The molecule has 1 aliphatic heterocycles. The molecular formula is C16H15NO3. The SMILES string of the molecule is O=C(O)c1ccc(CN2CCc3ccccc32)c(O)c1. The highest BCUT2D eigenvalue weighted by Gasteiger charge is 2.19. The van der Waals surface area contributed by atoms with Crippen LogP contribution in [-0.4, -0.2) is 22.7 Å². The van der Waals surface area contributed by atoms with E-state index in [0.29, 0.717) is 6.54 Å². The molecule has 0 spiro atoms. The van der Waals surface area contributed by atoms with Gasteiger partial charge in [0, 0.05) is 24.3 Å². The number of para-hydroxylation sites is 1. The summed E-state index contributed by atoms with van der Waals surface area (Å²) >= 11 is 0. The Morgan fingerprint density at radius 3 is 2.75 bits per heavy atom. The molecule has 4 nitrogen and oxygen atoms in total. The largest absolute Gasteiger partial charge is 0.508 e. The van der Waals surface area contributed by atoms with Gasteiger partial charge in [-0.05, 0) is 30.2 Å². The minimum Gasteiger partial charge on any atom is -0.508 e. The molecule has 4 heteroatoms. The zero-order chi connectivity index (χ0) is 14.1. The Bertz CT molecular complexity index is 667. The summed E-state index contributed by atoms with van der Waals surface area (Å²) in [6, 6.07) is 12.7. The maximum absolute atomic E-state index is 10.9. The normalized spacial score (nSPS) is 13.3. The van der Waals surface area contributed by atoms with Crippen molar-refractivity contribution in [3.63, 3.8) is 0 Å². The van der Waals surface area contributed by atoms with E-state index in [4.69, 9.17) is 5.11 Å². The second-order valence-electron chi connectivity index (χ2n) is 4.95. The molecule has 0 unspecified atom stereocenters. The Kier molecular flexibility index (Phi) is 3.06. The summed E-state index contributed by atoms with van der Waals surface area (Å²) in [4.78, 5) is 13.1. The van der Waals surface area contributed by atoms with Gasteiger partial charge in [-0.3, -0.25) is 0 Å². The number of hydrogen-bond donors (Lipinski definition) is 2. The van der Waals surface area contributed by atoms with Crippen LogP contribution in [0.25, 0.3) is 0 Å². The van der Waals surface area contributed by atoms with Crippen LogP contribution in [0.15, 0.2) is 42.5 Å². The fourth-order valence-electron chi connectivity index (χ4n) is 2.61. The van der Waals surface area contributed by atoms with Crippen molar-refractivity contribution in [3.8, 4) is 5.75 Å². The van der Waals surface area contributed by atoms with E-state index < -0.39 is 5.97 Å². The minimum atomic E-state index is -1.03. The Morgan fingerprint density at radius 1 is 1.20 bits per heavy atom. The first kappa shape index (κ1) is 12.5. The van der Waals surface area contributed by atoms with E-state index in [1.165, 1.54) is 23.4 Å². The third kappa shape index (κ3) is 2.20. The lowest BCUT2D eigenvalue weighted by atomic mass is 10.1. The summed E-state index contributed by atoms with van der Waals surface area (Å²) in [5.74, 6) is -0.993. The molecule has 0 aliphatic carbocycles. The van der Waals surface area contributed by atoms with Crippen LogP contribution in [0.1, 0.15) is 21.5 Å². The molecule has 2 aromatic carbocycles. The van der Waals surface area contributed by atoms with Crippen LogP contribution >= 0.6 is 0 Å². The Hall–Kier alpha value is -2.49. The molecule has 3 rings (SSSR count). The molecule has 0 atom stereocenters. The monoisotopic (exact) mass is 269 g/mol. The van der Waals surface area contributed by atoms with E-state index in [1.54, 1.807) is 6.07 Å². The molecule has 1 heterocycles. The summed E-state index contributed by atoms with van der Waals surface area (Å²) in [5, 5.41) is 18.9. The van der Waals surface area contributed by atoms with E-state index in [1.807, 2.05) is 12.1 Å². The molecule has 20 heavy (non-hydrogen) atoms. The van der Waals surface area contributed by atoms with Crippen LogP contribution in [0.3, 0.4) is 0 Å². The number of hydrogen-bond acceptors (Lipinski definition) is 3. The van der Waals surface area contributed by atoms with Gasteiger partial charge in [0.1, 0.15) is 5.75 Å². The second kappa shape index (κ2) is 4.89. The van der Waals surface area contributed by atoms with Gasteiger partial charge in [0.25, 0.3) is 0 Å². The van der Waals surface area contributed by atoms with Crippen molar-refractivity contribution in [1.29, 1.82) is 0 Å². The molecule has 102 valence electrons. The Labute approximate surface area is 116 Å². The number of nitrogens with zero attached hydrogens (tertiary/aromatic N) is 1. The molecule has 2 N–H and O–H groups in total. The summed E-state index contributed by atoms with van der Waals surface area (Å²) < 4.78 is 0. The zero-order valence-electron chi connectivity index (χ0n) is 10.9. The first-order valence-electron chi connectivity index (χ1n) is 6.53. The van der Waals surface area contributed by atoms with Crippen LogP contribution in [0.4, 0.5) is 5.69 Å². The molecule has 2 aromatic rings. The van der Waals surface area contributed by atoms with Gasteiger partial charge in [-0.2, -0.15) is 0 Å². The Balaban J connectivity index is 1.84. The Morgan fingerprint density at radius 2 is 2.00 bits per heavy atom. The molecule has 0 radical (unpaired) electrons. The predicted octanol–water partition coefficient (Wildman–Crippen LogP) is 2.65. The first-order chi connectivity index (χ1) is 9.65. The highest BCUT2D eigenvalue weighted by Crippen LogP contribution is 2.30. The van der Waals surface area contributed by atoms with Gasteiger partial charge < -0.3 is 15.1 Å². The number of benzene rings is 2. The van der Waals surface area contributed by atoms with Crippen molar-refractivity contribution >= 4 is 11.7 Å². The average Bonchev–Trinajstić information content (AvgIpc) is 2.84. The lowest BCUT2D eigenvalue weighted by molar-refractivity contribution is 0.0696. The van der Waals surface area contributed by atoms with E-state index in [2.05, 4.69) is 17.0 Å². The summed E-state index contributed by atoms with van der Waals surface area (Å²) in [6.45, 7) is 1.50. The number of anilines is 1. The maximum Gasteiger partial charge on any atom is 0.335 e. The third-order valence-corrected chi connectivity index (χ3v) is 3.68. The number of aromatic carboxylic acids is 1. The van der Waals surface area contributed by atoms with Crippen molar-refractivity contribution in [2.24, 2.45) is 0 Å². The van der Waals surface area contributed by atoms with Crippen molar-refractivity contribution in [3.05, 3.63) is 59.2 Å². The molecule has 0 saturated heterocycles. The van der Waals surface area contributed by atoms with Gasteiger partial charge in [0.05, 0.1) is 5.56 Å². The van der Waals surface area contributed by atoms with Crippen LogP contribution in [0, 0.1) is 0 Å². The number of rotatable bonds is 3. The van der Waals surface area contributed by atoms with E-state index >= 15 is 0 Å². The number of carbonyl (C=O) groups is 1. The number of carboxylic acids is 1. The van der Waals surface area contributed by atoms with Crippen LogP contribution in [0.2, 0.25) is 0 Å². The van der Waals surface area contributed by atoms with Crippen LogP contribution in [-0.2, 0) is 13.0 Å². The third-order valence-electron chi connectivity index (χ3n) is 3.68. The number of fused-ring (bicyclic) bond motifs is 1. The highest BCUT2D eigenvalue weighted by molar-refractivity contribution is 5.88. The fourth-order valence-corrected chi connectivity index (χ4v) is 2.61. The van der Waals surface area contributed by atoms with Gasteiger partial charge in [0.15, 0.2) is 0 Å². The average molecular weight is 269 g/mol. The molecule has 0 saturated carbocycles. The number of aromatic hydroxyl groups is 1. The second-order valence-corrected chi connectivity index (χ2v) is 4.95. The molecule has 0 bridgehead atoms. The fraction of sp³-hybridized carbons (Fsp3) is 0.188. The van der Waals surface area contributed by atoms with E-state index in [-0.39, 0.29) is 11.3 Å².